The monoisotopic (exact) mass is 386 g/mol. The molecule has 2 amide bonds. The van der Waals surface area contributed by atoms with E-state index in [1.165, 1.54) is 5.56 Å². The Hall–Kier alpha value is -2.08. The number of fused-ring (bicyclic) bond motifs is 4. The van der Waals surface area contributed by atoms with E-state index in [0.29, 0.717) is 18.9 Å². The lowest BCUT2D eigenvalue weighted by molar-refractivity contribution is -0.156. The van der Waals surface area contributed by atoms with E-state index in [4.69, 9.17) is 4.74 Å². The van der Waals surface area contributed by atoms with Crippen LogP contribution in [0.4, 0.5) is 0 Å². The molecule has 6 nitrogen and oxygen atoms in total. The number of hydrogen-bond donors (Lipinski definition) is 1. The van der Waals surface area contributed by atoms with Gasteiger partial charge in [-0.05, 0) is 55.2 Å². The summed E-state index contributed by atoms with van der Waals surface area (Å²) in [5.41, 5.74) is 1.17. The van der Waals surface area contributed by atoms with Gasteiger partial charge in [-0.1, -0.05) is 12.1 Å². The van der Waals surface area contributed by atoms with Gasteiger partial charge >= 0.3 is 0 Å². The standard InChI is InChI=1S/C22H30N2O4/c1-28-18-5-2-4-15(10-18)11-20-17-12-16(13-23(14-17)21(26)8-9-25)19-6-3-7-22(27)24(19)20/h2,4-5,10,16-17,19-20,25H,3,6-9,11-14H2,1H3/t16-,17+,19+,20+/m1/s1. The zero-order valence-electron chi connectivity index (χ0n) is 16.5. The molecule has 1 aromatic carbocycles. The van der Waals surface area contributed by atoms with Crippen LogP contribution >= 0.6 is 0 Å². The number of likely N-dealkylation sites (tertiary alicyclic amines) is 1. The van der Waals surface area contributed by atoms with E-state index in [0.717, 1.165) is 38.0 Å². The Labute approximate surface area is 166 Å². The summed E-state index contributed by atoms with van der Waals surface area (Å²) in [6, 6.07) is 8.42. The Balaban J connectivity index is 1.61. The van der Waals surface area contributed by atoms with Crippen LogP contribution in [0.3, 0.4) is 0 Å². The summed E-state index contributed by atoms with van der Waals surface area (Å²) in [4.78, 5) is 29.5. The Kier molecular flexibility index (Phi) is 5.58. The van der Waals surface area contributed by atoms with Gasteiger partial charge in [0, 0.05) is 38.0 Å². The van der Waals surface area contributed by atoms with Crippen molar-refractivity contribution in [3.63, 3.8) is 0 Å². The number of nitrogens with zero attached hydrogens (tertiary/aromatic N) is 2. The van der Waals surface area contributed by atoms with Gasteiger partial charge in [-0.15, -0.1) is 0 Å². The molecule has 3 heterocycles. The van der Waals surface area contributed by atoms with Gasteiger partial charge in [-0.25, -0.2) is 0 Å². The minimum atomic E-state index is -0.105. The third-order valence-electron chi connectivity index (χ3n) is 6.75. The van der Waals surface area contributed by atoms with Crippen molar-refractivity contribution in [2.75, 3.05) is 26.8 Å². The molecule has 6 heteroatoms. The summed E-state index contributed by atoms with van der Waals surface area (Å²) in [7, 11) is 1.67. The fraction of sp³-hybridized carbons (Fsp3) is 0.636. The fourth-order valence-corrected chi connectivity index (χ4v) is 5.54. The van der Waals surface area contributed by atoms with E-state index in [1.54, 1.807) is 7.11 Å². The highest BCUT2D eigenvalue weighted by atomic mass is 16.5. The number of rotatable bonds is 5. The fourth-order valence-electron chi connectivity index (χ4n) is 5.54. The van der Waals surface area contributed by atoms with Gasteiger partial charge in [0.2, 0.25) is 11.8 Å². The van der Waals surface area contributed by atoms with E-state index >= 15 is 0 Å². The highest BCUT2D eigenvalue weighted by Crippen LogP contribution is 2.42. The number of aliphatic hydroxyl groups is 1. The number of amides is 2. The van der Waals surface area contributed by atoms with Crippen molar-refractivity contribution in [1.82, 2.24) is 9.80 Å². The first-order chi connectivity index (χ1) is 13.6. The molecule has 0 aromatic heterocycles. The average Bonchev–Trinajstić information content (AvgIpc) is 2.71. The van der Waals surface area contributed by atoms with E-state index in [2.05, 4.69) is 11.0 Å². The lowest BCUT2D eigenvalue weighted by atomic mass is 9.70. The number of hydrogen-bond acceptors (Lipinski definition) is 4. The smallest absolute Gasteiger partial charge is 0.224 e. The lowest BCUT2D eigenvalue weighted by Gasteiger charge is -2.56. The van der Waals surface area contributed by atoms with E-state index < -0.39 is 0 Å². The Morgan fingerprint density at radius 3 is 2.89 bits per heavy atom. The molecule has 1 N–H and O–H groups in total. The molecular weight excluding hydrogens is 356 g/mol. The van der Waals surface area contributed by atoms with Gasteiger partial charge in [0.25, 0.3) is 0 Å². The van der Waals surface area contributed by atoms with Crippen LogP contribution in [0.1, 0.15) is 37.7 Å². The maximum Gasteiger partial charge on any atom is 0.224 e. The molecular formula is C22H30N2O4. The average molecular weight is 386 g/mol. The van der Waals surface area contributed by atoms with Crippen LogP contribution in [0.2, 0.25) is 0 Å². The first kappa shape index (κ1) is 19.2. The van der Waals surface area contributed by atoms with Crippen molar-refractivity contribution < 1.29 is 19.4 Å². The van der Waals surface area contributed by atoms with Crippen molar-refractivity contribution in [2.24, 2.45) is 11.8 Å². The third-order valence-corrected chi connectivity index (χ3v) is 6.75. The second kappa shape index (κ2) is 8.11. The molecule has 0 radical (unpaired) electrons. The highest BCUT2D eigenvalue weighted by molar-refractivity contribution is 5.79. The first-order valence-electron chi connectivity index (χ1n) is 10.4. The molecule has 0 aliphatic carbocycles. The van der Waals surface area contributed by atoms with Gasteiger partial charge in [-0.3, -0.25) is 9.59 Å². The maximum atomic E-state index is 12.9. The molecule has 0 saturated carbocycles. The molecule has 1 aromatic rings. The van der Waals surface area contributed by atoms with E-state index in [-0.39, 0.29) is 42.8 Å². The highest BCUT2D eigenvalue weighted by Gasteiger charge is 2.49. The summed E-state index contributed by atoms with van der Waals surface area (Å²) in [6.45, 7) is 1.29. The van der Waals surface area contributed by atoms with Gasteiger partial charge in [-0.2, -0.15) is 0 Å². The van der Waals surface area contributed by atoms with Crippen molar-refractivity contribution >= 4 is 11.8 Å². The SMILES string of the molecule is COc1cccc(C[C@H]2[C@H]3C[C@H](CN(C(=O)CCO)C3)[C@@H]3CCCC(=O)N32)c1. The maximum absolute atomic E-state index is 12.9. The number of benzene rings is 1. The quantitative estimate of drug-likeness (QED) is 0.838. The number of methoxy groups -OCH3 is 1. The van der Waals surface area contributed by atoms with Crippen LogP contribution in [0.15, 0.2) is 24.3 Å². The van der Waals surface area contributed by atoms with Gasteiger partial charge in [0.1, 0.15) is 5.75 Å². The van der Waals surface area contributed by atoms with Crippen molar-refractivity contribution in [1.29, 1.82) is 0 Å². The molecule has 4 atom stereocenters. The minimum absolute atomic E-state index is 0.0351. The van der Waals surface area contributed by atoms with Crippen LogP contribution in [-0.2, 0) is 16.0 Å². The zero-order chi connectivity index (χ0) is 19.7. The molecule has 152 valence electrons. The van der Waals surface area contributed by atoms with E-state index in [1.807, 2.05) is 23.1 Å². The lowest BCUT2D eigenvalue weighted by Crippen LogP contribution is -2.66. The normalized spacial score (nSPS) is 29.4. The molecule has 3 saturated heterocycles. The first-order valence-corrected chi connectivity index (χ1v) is 10.4. The van der Waals surface area contributed by atoms with Crippen LogP contribution < -0.4 is 4.74 Å². The number of carbonyl (C=O) groups is 2. The second-order valence-corrected chi connectivity index (χ2v) is 8.41. The van der Waals surface area contributed by atoms with E-state index in [9.17, 15) is 14.7 Å². The number of aliphatic hydroxyl groups excluding tert-OH is 1. The predicted molar refractivity (Wildman–Crippen MR) is 105 cm³/mol. The van der Waals surface area contributed by atoms with Crippen LogP contribution in [-0.4, -0.2) is 65.6 Å². The molecule has 0 unspecified atom stereocenters. The Morgan fingerprint density at radius 2 is 2.11 bits per heavy atom. The third kappa shape index (κ3) is 3.62. The summed E-state index contributed by atoms with van der Waals surface area (Å²) in [5, 5.41) is 9.18. The molecule has 2 bridgehead atoms. The number of carbonyl (C=O) groups excluding carboxylic acids is 2. The van der Waals surface area contributed by atoms with Crippen molar-refractivity contribution in [2.45, 2.75) is 50.6 Å². The minimum Gasteiger partial charge on any atom is -0.497 e. The summed E-state index contributed by atoms with van der Waals surface area (Å²) >= 11 is 0. The predicted octanol–water partition coefficient (Wildman–Crippen LogP) is 1.85. The van der Waals surface area contributed by atoms with Gasteiger partial charge in [0.05, 0.1) is 13.7 Å². The van der Waals surface area contributed by atoms with Gasteiger partial charge < -0.3 is 19.6 Å². The number of piperidine rings is 3. The molecule has 28 heavy (non-hydrogen) atoms. The second-order valence-electron chi connectivity index (χ2n) is 8.41. The Bertz CT molecular complexity index is 737. The summed E-state index contributed by atoms with van der Waals surface area (Å²) in [5.74, 6) is 1.77. The molecule has 0 spiro atoms. The van der Waals surface area contributed by atoms with Crippen LogP contribution in [0, 0.1) is 11.8 Å². The number of ether oxygens (including phenoxy) is 1. The van der Waals surface area contributed by atoms with Gasteiger partial charge in [0.15, 0.2) is 0 Å². The zero-order valence-corrected chi connectivity index (χ0v) is 16.5. The summed E-state index contributed by atoms with van der Waals surface area (Å²) in [6.07, 6.45) is 4.66. The largest absolute Gasteiger partial charge is 0.497 e. The van der Waals surface area contributed by atoms with Crippen molar-refractivity contribution in [3.8, 4) is 5.75 Å². The molecule has 3 fully saturated rings. The van der Waals surface area contributed by atoms with Crippen molar-refractivity contribution in [3.05, 3.63) is 29.8 Å². The molecule has 4 rings (SSSR count). The van der Waals surface area contributed by atoms with Crippen LogP contribution in [0.5, 0.6) is 5.75 Å². The summed E-state index contributed by atoms with van der Waals surface area (Å²) < 4.78 is 5.37. The van der Waals surface area contributed by atoms with Crippen LogP contribution in [0.25, 0.3) is 0 Å². The Morgan fingerprint density at radius 1 is 1.29 bits per heavy atom. The topological polar surface area (TPSA) is 70.1 Å². The molecule has 3 aliphatic rings. The molecule has 3 aliphatic heterocycles.